The van der Waals surface area contributed by atoms with Crippen LogP contribution in [-0.2, 0) is 0 Å². The molecule has 1 atom stereocenters. The molecule has 0 saturated carbocycles. The smallest absolute Gasteiger partial charge is 0.161 e. The van der Waals surface area contributed by atoms with Gasteiger partial charge in [0.25, 0.3) is 0 Å². The maximum absolute atomic E-state index is 11.6. The molecule has 0 radical (unpaired) electrons. The van der Waals surface area contributed by atoms with Gasteiger partial charge in [0.05, 0.1) is 11.6 Å². The van der Waals surface area contributed by atoms with Crippen molar-refractivity contribution in [2.75, 3.05) is 18.5 Å². The molecule has 3 heteroatoms. The number of nitriles is 1. The van der Waals surface area contributed by atoms with Gasteiger partial charge in [0.15, 0.2) is 5.78 Å². The monoisotopic (exact) mass is 244 g/mol. The Bertz CT molecular complexity index is 474. The SMILES string of the molecule is CCC(C)CN(C)c1cc(C#N)ccc1C(C)=O. The first-order chi connectivity index (χ1) is 8.49. The van der Waals surface area contributed by atoms with Crippen molar-refractivity contribution in [1.29, 1.82) is 5.26 Å². The van der Waals surface area contributed by atoms with Crippen molar-refractivity contribution in [3.63, 3.8) is 0 Å². The number of hydrogen-bond acceptors (Lipinski definition) is 3. The van der Waals surface area contributed by atoms with Gasteiger partial charge in [-0.1, -0.05) is 20.3 Å². The van der Waals surface area contributed by atoms with Crippen LogP contribution in [0.25, 0.3) is 0 Å². The number of carbonyl (C=O) groups excluding carboxylic acids is 1. The zero-order chi connectivity index (χ0) is 13.7. The first kappa shape index (κ1) is 14.2. The Labute approximate surface area is 109 Å². The highest BCUT2D eigenvalue weighted by Crippen LogP contribution is 2.23. The molecule has 0 aromatic heterocycles. The number of carbonyl (C=O) groups is 1. The van der Waals surface area contributed by atoms with Crippen LogP contribution in [0.5, 0.6) is 0 Å². The molecule has 0 heterocycles. The average Bonchev–Trinajstić information content (AvgIpc) is 2.37. The Morgan fingerprint density at radius 3 is 2.67 bits per heavy atom. The molecule has 0 aliphatic heterocycles. The van der Waals surface area contributed by atoms with E-state index in [4.69, 9.17) is 5.26 Å². The molecule has 3 nitrogen and oxygen atoms in total. The third kappa shape index (κ3) is 3.33. The predicted molar refractivity (Wildman–Crippen MR) is 73.9 cm³/mol. The lowest BCUT2D eigenvalue weighted by Gasteiger charge is -2.24. The summed E-state index contributed by atoms with van der Waals surface area (Å²) in [7, 11) is 1.97. The van der Waals surface area contributed by atoms with E-state index in [1.165, 1.54) is 0 Å². The second-order valence-electron chi connectivity index (χ2n) is 4.79. The van der Waals surface area contributed by atoms with E-state index in [1.54, 1.807) is 25.1 Å². The van der Waals surface area contributed by atoms with Crippen molar-refractivity contribution >= 4 is 11.5 Å². The topological polar surface area (TPSA) is 44.1 Å². The molecular formula is C15H20N2O. The maximum atomic E-state index is 11.6. The normalized spacial score (nSPS) is 11.7. The van der Waals surface area contributed by atoms with Gasteiger partial charge in [-0.25, -0.2) is 0 Å². The van der Waals surface area contributed by atoms with Crippen LogP contribution in [0.4, 0.5) is 5.69 Å². The number of nitrogens with zero attached hydrogens (tertiary/aromatic N) is 2. The zero-order valence-corrected chi connectivity index (χ0v) is 11.5. The molecule has 1 aromatic carbocycles. The second kappa shape index (κ2) is 6.20. The van der Waals surface area contributed by atoms with Crippen molar-refractivity contribution in [3.8, 4) is 6.07 Å². The lowest BCUT2D eigenvalue weighted by molar-refractivity contribution is 0.101. The van der Waals surface area contributed by atoms with Crippen LogP contribution < -0.4 is 4.90 Å². The van der Waals surface area contributed by atoms with Gasteiger partial charge in [0.1, 0.15) is 0 Å². The van der Waals surface area contributed by atoms with Crippen LogP contribution in [0.15, 0.2) is 18.2 Å². The molecular weight excluding hydrogens is 224 g/mol. The average molecular weight is 244 g/mol. The van der Waals surface area contributed by atoms with Crippen molar-refractivity contribution in [2.24, 2.45) is 5.92 Å². The molecule has 1 aromatic rings. The number of rotatable bonds is 5. The number of benzene rings is 1. The van der Waals surface area contributed by atoms with E-state index in [9.17, 15) is 4.79 Å². The highest BCUT2D eigenvalue weighted by Gasteiger charge is 2.13. The Balaban J connectivity index is 3.11. The highest BCUT2D eigenvalue weighted by atomic mass is 16.1. The van der Waals surface area contributed by atoms with Gasteiger partial charge >= 0.3 is 0 Å². The quantitative estimate of drug-likeness (QED) is 0.747. The van der Waals surface area contributed by atoms with E-state index in [2.05, 4.69) is 24.8 Å². The number of Topliss-reactive ketones (excluding diaryl/α,β-unsaturated/α-hetero) is 1. The van der Waals surface area contributed by atoms with Gasteiger partial charge in [-0.15, -0.1) is 0 Å². The minimum absolute atomic E-state index is 0.0329. The van der Waals surface area contributed by atoms with Crippen molar-refractivity contribution < 1.29 is 4.79 Å². The van der Waals surface area contributed by atoms with Gasteiger partial charge in [0, 0.05) is 24.8 Å². The van der Waals surface area contributed by atoms with Crippen LogP contribution >= 0.6 is 0 Å². The van der Waals surface area contributed by atoms with Gasteiger partial charge in [-0.3, -0.25) is 4.79 Å². The Hall–Kier alpha value is -1.82. The molecule has 0 amide bonds. The lowest BCUT2D eigenvalue weighted by Crippen LogP contribution is -2.25. The summed E-state index contributed by atoms with van der Waals surface area (Å²) in [6, 6.07) is 7.34. The van der Waals surface area contributed by atoms with E-state index in [0.717, 1.165) is 18.7 Å². The zero-order valence-electron chi connectivity index (χ0n) is 11.5. The van der Waals surface area contributed by atoms with Gasteiger partial charge in [-0.05, 0) is 31.0 Å². The lowest BCUT2D eigenvalue weighted by atomic mass is 10.0. The molecule has 18 heavy (non-hydrogen) atoms. The Morgan fingerprint density at radius 1 is 1.50 bits per heavy atom. The number of ketones is 1. The summed E-state index contributed by atoms with van der Waals surface area (Å²) in [6.45, 7) is 6.77. The standard InChI is InChI=1S/C15H20N2O/c1-5-11(2)10-17(4)15-8-13(9-16)6-7-14(15)12(3)18/h6-8,11H,5,10H2,1-4H3. The molecule has 96 valence electrons. The van der Waals surface area contributed by atoms with Crippen LogP contribution in [-0.4, -0.2) is 19.4 Å². The summed E-state index contributed by atoms with van der Waals surface area (Å²) in [5.74, 6) is 0.589. The van der Waals surface area contributed by atoms with E-state index in [0.29, 0.717) is 17.0 Å². The fourth-order valence-electron chi connectivity index (χ4n) is 1.91. The Morgan fingerprint density at radius 2 is 2.17 bits per heavy atom. The van der Waals surface area contributed by atoms with Gasteiger partial charge < -0.3 is 4.90 Å². The summed E-state index contributed by atoms with van der Waals surface area (Å²) in [4.78, 5) is 13.7. The first-order valence-electron chi connectivity index (χ1n) is 6.25. The molecule has 0 fully saturated rings. The largest absolute Gasteiger partial charge is 0.374 e. The summed E-state index contributed by atoms with van der Waals surface area (Å²) in [5, 5.41) is 8.95. The minimum atomic E-state index is 0.0329. The highest BCUT2D eigenvalue weighted by molar-refractivity contribution is 6.00. The maximum Gasteiger partial charge on any atom is 0.161 e. The van der Waals surface area contributed by atoms with Crippen molar-refractivity contribution in [3.05, 3.63) is 29.3 Å². The molecule has 0 spiro atoms. The molecule has 0 bridgehead atoms. The predicted octanol–water partition coefficient (Wildman–Crippen LogP) is 3.24. The molecule has 1 unspecified atom stereocenters. The van der Waals surface area contributed by atoms with E-state index in [1.807, 2.05) is 7.05 Å². The summed E-state index contributed by atoms with van der Waals surface area (Å²) >= 11 is 0. The molecule has 0 saturated heterocycles. The van der Waals surface area contributed by atoms with E-state index in [-0.39, 0.29) is 5.78 Å². The summed E-state index contributed by atoms with van der Waals surface area (Å²) < 4.78 is 0. The van der Waals surface area contributed by atoms with Crippen molar-refractivity contribution in [2.45, 2.75) is 27.2 Å². The second-order valence-corrected chi connectivity index (χ2v) is 4.79. The van der Waals surface area contributed by atoms with Crippen LogP contribution in [0.3, 0.4) is 0 Å². The van der Waals surface area contributed by atoms with Gasteiger partial charge in [0.2, 0.25) is 0 Å². The van der Waals surface area contributed by atoms with Crippen LogP contribution in [0.1, 0.15) is 43.1 Å². The summed E-state index contributed by atoms with van der Waals surface area (Å²) in [6.07, 6.45) is 1.09. The van der Waals surface area contributed by atoms with Crippen LogP contribution in [0, 0.1) is 17.2 Å². The number of hydrogen-bond donors (Lipinski definition) is 0. The summed E-state index contributed by atoms with van der Waals surface area (Å²) in [5.41, 5.74) is 2.12. The molecule has 0 N–H and O–H groups in total. The fraction of sp³-hybridized carbons (Fsp3) is 0.467. The minimum Gasteiger partial charge on any atom is -0.374 e. The van der Waals surface area contributed by atoms with Gasteiger partial charge in [-0.2, -0.15) is 5.26 Å². The van der Waals surface area contributed by atoms with E-state index < -0.39 is 0 Å². The van der Waals surface area contributed by atoms with E-state index >= 15 is 0 Å². The van der Waals surface area contributed by atoms with Crippen molar-refractivity contribution in [1.82, 2.24) is 0 Å². The number of anilines is 1. The fourth-order valence-corrected chi connectivity index (χ4v) is 1.91. The van der Waals surface area contributed by atoms with Crippen LogP contribution in [0.2, 0.25) is 0 Å². The third-order valence-electron chi connectivity index (χ3n) is 3.20. The first-order valence-corrected chi connectivity index (χ1v) is 6.25. The molecule has 1 rings (SSSR count). The Kier molecular flexibility index (Phi) is 4.91. The third-order valence-corrected chi connectivity index (χ3v) is 3.20. The molecule has 0 aliphatic carbocycles. The molecule has 0 aliphatic rings.